The predicted octanol–water partition coefficient (Wildman–Crippen LogP) is 3.11. The fourth-order valence-corrected chi connectivity index (χ4v) is 3.60. The second kappa shape index (κ2) is 8.71. The van der Waals surface area contributed by atoms with Gasteiger partial charge < -0.3 is 15.0 Å². The summed E-state index contributed by atoms with van der Waals surface area (Å²) in [5.74, 6) is 0.226. The summed E-state index contributed by atoms with van der Waals surface area (Å²) >= 11 is 0. The smallest absolute Gasteiger partial charge is 0.258 e. The first-order chi connectivity index (χ1) is 13.1. The van der Waals surface area contributed by atoms with E-state index in [9.17, 15) is 9.59 Å². The Balaban J connectivity index is 1.56. The van der Waals surface area contributed by atoms with Gasteiger partial charge in [-0.2, -0.15) is 0 Å². The van der Waals surface area contributed by atoms with Gasteiger partial charge in [-0.25, -0.2) is 0 Å². The van der Waals surface area contributed by atoms with Crippen molar-refractivity contribution in [3.8, 4) is 5.75 Å². The molecule has 2 amide bonds. The summed E-state index contributed by atoms with van der Waals surface area (Å²) in [5.41, 5.74) is 2.52. The second-order valence-electron chi connectivity index (χ2n) is 6.95. The number of carbonyl (C=O) groups is 2. The molecule has 3 rings (SSSR count). The fourth-order valence-electron chi connectivity index (χ4n) is 3.60. The lowest BCUT2D eigenvalue weighted by atomic mass is 9.87. The highest BCUT2D eigenvalue weighted by Crippen LogP contribution is 2.33. The summed E-state index contributed by atoms with van der Waals surface area (Å²) in [6.45, 7) is 1.60. The third-order valence-electron chi connectivity index (χ3n) is 5.01. The highest BCUT2D eigenvalue weighted by Gasteiger charge is 2.29. The second-order valence-corrected chi connectivity index (χ2v) is 6.95. The normalized spacial score (nSPS) is 16.7. The van der Waals surface area contributed by atoms with Gasteiger partial charge in [-0.15, -0.1) is 0 Å². The van der Waals surface area contributed by atoms with Gasteiger partial charge in [-0.05, 0) is 49.4 Å². The molecule has 1 N–H and O–H groups in total. The van der Waals surface area contributed by atoms with Crippen molar-refractivity contribution >= 4 is 11.8 Å². The topological polar surface area (TPSA) is 58.6 Å². The van der Waals surface area contributed by atoms with Crippen LogP contribution in [-0.4, -0.2) is 36.4 Å². The average Bonchev–Trinajstić information content (AvgIpc) is 2.71. The lowest BCUT2D eigenvalue weighted by molar-refractivity contribution is -0.137. The minimum atomic E-state index is -0.601. The summed E-state index contributed by atoms with van der Waals surface area (Å²) in [5, 5.41) is 2.74. The molecule has 0 fully saturated rings. The van der Waals surface area contributed by atoms with Crippen LogP contribution in [0.3, 0.4) is 0 Å². The van der Waals surface area contributed by atoms with E-state index >= 15 is 0 Å². The van der Waals surface area contributed by atoms with Gasteiger partial charge in [0, 0.05) is 7.05 Å². The Bertz CT molecular complexity index is 791. The zero-order chi connectivity index (χ0) is 19.2. The molecule has 0 radical (unpaired) electrons. The number of hydrogen-bond acceptors (Lipinski definition) is 3. The van der Waals surface area contributed by atoms with Gasteiger partial charge in [0.05, 0.1) is 6.04 Å². The van der Waals surface area contributed by atoms with Crippen molar-refractivity contribution in [2.45, 2.75) is 38.3 Å². The van der Waals surface area contributed by atoms with Crippen LogP contribution < -0.4 is 10.1 Å². The van der Waals surface area contributed by atoms with E-state index in [0.29, 0.717) is 5.75 Å². The molecule has 0 aromatic heterocycles. The Hall–Kier alpha value is -2.82. The van der Waals surface area contributed by atoms with Crippen molar-refractivity contribution in [1.82, 2.24) is 10.2 Å². The van der Waals surface area contributed by atoms with Crippen molar-refractivity contribution in [3.05, 3.63) is 65.7 Å². The number of benzene rings is 2. The summed E-state index contributed by atoms with van der Waals surface area (Å²) < 4.78 is 5.43. The van der Waals surface area contributed by atoms with Crippen LogP contribution in [0.15, 0.2) is 54.6 Å². The highest BCUT2D eigenvalue weighted by molar-refractivity contribution is 5.88. The molecule has 1 aliphatic rings. The molecule has 5 nitrogen and oxygen atoms in total. The van der Waals surface area contributed by atoms with Crippen LogP contribution in [0.5, 0.6) is 5.75 Å². The first kappa shape index (κ1) is 19.0. The van der Waals surface area contributed by atoms with Crippen LogP contribution in [0.25, 0.3) is 0 Å². The third kappa shape index (κ3) is 4.67. The maximum atomic E-state index is 12.8. The van der Waals surface area contributed by atoms with Crippen LogP contribution >= 0.6 is 0 Å². The fraction of sp³-hybridized carbons (Fsp3) is 0.364. The zero-order valence-electron chi connectivity index (χ0n) is 15.9. The van der Waals surface area contributed by atoms with E-state index in [1.807, 2.05) is 37.4 Å². The molecule has 0 saturated heterocycles. The Morgan fingerprint density at radius 2 is 1.85 bits per heavy atom. The maximum absolute atomic E-state index is 12.8. The standard InChI is InChI=1S/C22H26N2O3/c1-16(23-21(25)15-27-18-11-4-3-5-12-18)22(26)24(2)20-14-8-10-17-9-6-7-13-19(17)20/h3-7,9,11-13,16,20H,8,10,14-15H2,1-2H3,(H,23,25)/t16-,20+/m0/s1. The van der Waals surface area contributed by atoms with Gasteiger partial charge in [0.25, 0.3) is 5.91 Å². The molecule has 2 aromatic rings. The maximum Gasteiger partial charge on any atom is 0.258 e. The summed E-state index contributed by atoms with van der Waals surface area (Å²) in [6, 6.07) is 16.9. The number of likely N-dealkylation sites (N-methyl/N-ethyl adjacent to an activating group) is 1. The minimum Gasteiger partial charge on any atom is -0.484 e. The summed E-state index contributed by atoms with van der Waals surface area (Å²) in [7, 11) is 1.82. The number of nitrogens with one attached hydrogen (secondary N) is 1. The molecule has 1 aliphatic carbocycles. The number of hydrogen-bond donors (Lipinski definition) is 1. The number of aryl methyl sites for hydroxylation is 1. The number of amides is 2. The summed E-state index contributed by atoms with van der Waals surface area (Å²) in [4.78, 5) is 26.7. The SMILES string of the molecule is C[C@H](NC(=O)COc1ccccc1)C(=O)N(C)[C@@H]1CCCc2ccccc21. The zero-order valence-corrected chi connectivity index (χ0v) is 15.9. The van der Waals surface area contributed by atoms with E-state index in [2.05, 4.69) is 17.4 Å². The van der Waals surface area contributed by atoms with Gasteiger partial charge in [0.15, 0.2) is 6.61 Å². The van der Waals surface area contributed by atoms with Gasteiger partial charge in [0.2, 0.25) is 5.91 Å². The van der Waals surface area contributed by atoms with Crippen LogP contribution in [0.2, 0.25) is 0 Å². The molecule has 27 heavy (non-hydrogen) atoms. The molecule has 0 aliphatic heterocycles. The largest absolute Gasteiger partial charge is 0.484 e. The Kier molecular flexibility index (Phi) is 6.12. The molecular formula is C22H26N2O3. The molecule has 0 saturated carbocycles. The number of rotatable bonds is 6. The van der Waals surface area contributed by atoms with E-state index in [1.165, 1.54) is 11.1 Å². The van der Waals surface area contributed by atoms with Crippen molar-refractivity contribution in [1.29, 1.82) is 0 Å². The van der Waals surface area contributed by atoms with Gasteiger partial charge >= 0.3 is 0 Å². The van der Waals surface area contributed by atoms with E-state index < -0.39 is 6.04 Å². The van der Waals surface area contributed by atoms with Crippen molar-refractivity contribution in [2.75, 3.05) is 13.7 Å². The first-order valence-electron chi connectivity index (χ1n) is 9.38. The minimum absolute atomic E-state index is 0.0578. The number of ether oxygens (including phenoxy) is 1. The Morgan fingerprint density at radius 3 is 2.63 bits per heavy atom. The van der Waals surface area contributed by atoms with E-state index in [0.717, 1.165) is 19.3 Å². The monoisotopic (exact) mass is 366 g/mol. The first-order valence-corrected chi connectivity index (χ1v) is 9.38. The molecule has 0 heterocycles. The molecule has 5 heteroatoms. The number of carbonyl (C=O) groups excluding carboxylic acids is 2. The predicted molar refractivity (Wildman–Crippen MR) is 104 cm³/mol. The highest BCUT2D eigenvalue weighted by atomic mass is 16.5. The lowest BCUT2D eigenvalue weighted by Crippen LogP contribution is -2.48. The molecule has 0 spiro atoms. The molecule has 142 valence electrons. The molecule has 2 aromatic carbocycles. The Morgan fingerprint density at radius 1 is 1.15 bits per heavy atom. The van der Waals surface area contributed by atoms with Crippen molar-refractivity contribution in [2.24, 2.45) is 0 Å². The lowest BCUT2D eigenvalue weighted by Gasteiger charge is -2.34. The van der Waals surface area contributed by atoms with Crippen LogP contribution in [0, 0.1) is 0 Å². The quantitative estimate of drug-likeness (QED) is 0.855. The number of fused-ring (bicyclic) bond motifs is 1. The third-order valence-corrected chi connectivity index (χ3v) is 5.01. The molecule has 0 bridgehead atoms. The van der Waals surface area contributed by atoms with Crippen LogP contribution in [0.1, 0.15) is 36.9 Å². The van der Waals surface area contributed by atoms with Gasteiger partial charge in [-0.1, -0.05) is 42.5 Å². The van der Waals surface area contributed by atoms with Crippen LogP contribution in [-0.2, 0) is 16.0 Å². The average molecular weight is 366 g/mol. The number of para-hydroxylation sites is 1. The Labute approximate surface area is 160 Å². The van der Waals surface area contributed by atoms with Gasteiger partial charge in [0.1, 0.15) is 11.8 Å². The molecule has 0 unspecified atom stereocenters. The van der Waals surface area contributed by atoms with E-state index in [1.54, 1.807) is 24.0 Å². The van der Waals surface area contributed by atoms with E-state index in [4.69, 9.17) is 4.74 Å². The van der Waals surface area contributed by atoms with Crippen molar-refractivity contribution in [3.63, 3.8) is 0 Å². The summed E-state index contributed by atoms with van der Waals surface area (Å²) in [6.07, 6.45) is 3.06. The number of nitrogens with zero attached hydrogens (tertiary/aromatic N) is 1. The molecular weight excluding hydrogens is 340 g/mol. The van der Waals surface area contributed by atoms with Gasteiger partial charge in [-0.3, -0.25) is 9.59 Å². The van der Waals surface area contributed by atoms with Crippen LogP contribution in [0.4, 0.5) is 0 Å². The molecule has 2 atom stereocenters. The van der Waals surface area contributed by atoms with E-state index in [-0.39, 0.29) is 24.5 Å². The van der Waals surface area contributed by atoms with Crippen molar-refractivity contribution < 1.29 is 14.3 Å².